The van der Waals surface area contributed by atoms with Crippen LogP contribution in [-0.2, 0) is 4.74 Å². The van der Waals surface area contributed by atoms with Crippen LogP contribution in [0, 0.1) is 0 Å². The number of methoxy groups -OCH3 is 1. The first-order valence-electron chi connectivity index (χ1n) is 4.97. The Morgan fingerprint density at radius 3 is 2.56 bits per heavy atom. The SMILES string of the molecule is COC(=O)c1ccc(NC(=O)c2csnn2)cc1. The second kappa shape index (κ2) is 5.37. The standard InChI is InChI=1S/C11H9N3O3S/c1-17-11(16)7-2-4-8(5-3-7)12-10(15)9-6-18-14-13-9/h2-6H,1H3,(H,12,15). The van der Waals surface area contributed by atoms with Crippen LogP contribution in [0.3, 0.4) is 0 Å². The zero-order valence-electron chi connectivity index (χ0n) is 9.41. The molecule has 0 aliphatic rings. The number of hydrogen-bond donors (Lipinski definition) is 1. The third-order valence-electron chi connectivity index (χ3n) is 2.16. The van der Waals surface area contributed by atoms with E-state index >= 15 is 0 Å². The van der Waals surface area contributed by atoms with Crippen molar-refractivity contribution in [3.05, 3.63) is 40.9 Å². The molecule has 0 bridgehead atoms. The van der Waals surface area contributed by atoms with E-state index in [1.165, 1.54) is 7.11 Å². The topological polar surface area (TPSA) is 81.2 Å². The van der Waals surface area contributed by atoms with Crippen LogP contribution < -0.4 is 5.32 Å². The number of benzene rings is 1. The molecular formula is C11H9N3O3S. The zero-order chi connectivity index (χ0) is 13.0. The van der Waals surface area contributed by atoms with E-state index in [1.807, 2.05) is 0 Å². The van der Waals surface area contributed by atoms with Gasteiger partial charge in [0, 0.05) is 11.1 Å². The molecule has 0 spiro atoms. The van der Waals surface area contributed by atoms with Gasteiger partial charge in [0.05, 0.1) is 12.7 Å². The van der Waals surface area contributed by atoms with Gasteiger partial charge in [-0.15, -0.1) is 5.10 Å². The van der Waals surface area contributed by atoms with Crippen molar-refractivity contribution in [1.29, 1.82) is 0 Å². The van der Waals surface area contributed by atoms with E-state index in [2.05, 4.69) is 19.6 Å². The third-order valence-corrected chi connectivity index (χ3v) is 2.66. The second-order valence-corrected chi connectivity index (χ2v) is 3.92. The van der Waals surface area contributed by atoms with Crippen LogP contribution in [0.5, 0.6) is 0 Å². The van der Waals surface area contributed by atoms with Gasteiger partial charge in [-0.05, 0) is 35.8 Å². The number of esters is 1. The molecule has 1 aromatic heterocycles. The van der Waals surface area contributed by atoms with Crippen molar-refractivity contribution in [1.82, 2.24) is 9.59 Å². The van der Waals surface area contributed by atoms with Gasteiger partial charge in [-0.25, -0.2) is 4.79 Å². The molecule has 0 unspecified atom stereocenters. The van der Waals surface area contributed by atoms with Gasteiger partial charge in [-0.1, -0.05) is 4.49 Å². The highest BCUT2D eigenvalue weighted by molar-refractivity contribution is 7.03. The minimum absolute atomic E-state index is 0.261. The van der Waals surface area contributed by atoms with Crippen molar-refractivity contribution < 1.29 is 14.3 Å². The van der Waals surface area contributed by atoms with Gasteiger partial charge in [-0.2, -0.15) is 0 Å². The van der Waals surface area contributed by atoms with Crippen molar-refractivity contribution in [3.63, 3.8) is 0 Å². The summed E-state index contributed by atoms with van der Waals surface area (Å²) in [5.74, 6) is -0.758. The average Bonchev–Trinajstić information content (AvgIpc) is 2.92. The summed E-state index contributed by atoms with van der Waals surface area (Å²) >= 11 is 1.10. The molecule has 0 saturated carbocycles. The second-order valence-electron chi connectivity index (χ2n) is 3.31. The molecule has 0 fully saturated rings. The maximum atomic E-state index is 11.7. The molecule has 7 heteroatoms. The van der Waals surface area contributed by atoms with E-state index in [-0.39, 0.29) is 11.6 Å². The quantitative estimate of drug-likeness (QED) is 0.850. The number of nitrogens with one attached hydrogen (secondary N) is 1. The Balaban J connectivity index is 2.07. The van der Waals surface area contributed by atoms with Crippen LogP contribution >= 0.6 is 11.5 Å². The molecule has 0 aliphatic heterocycles. The van der Waals surface area contributed by atoms with E-state index < -0.39 is 5.97 Å². The fraction of sp³-hybridized carbons (Fsp3) is 0.0909. The number of aromatic nitrogens is 2. The highest BCUT2D eigenvalue weighted by Crippen LogP contribution is 2.11. The first-order valence-corrected chi connectivity index (χ1v) is 5.81. The van der Waals surface area contributed by atoms with Gasteiger partial charge in [0.25, 0.3) is 5.91 Å². The molecule has 0 radical (unpaired) electrons. The average molecular weight is 263 g/mol. The monoisotopic (exact) mass is 263 g/mol. The molecule has 2 aromatic rings. The molecule has 6 nitrogen and oxygen atoms in total. The highest BCUT2D eigenvalue weighted by atomic mass is 32.1. The lowest BCUT2D eigenvalue weighted by Crippen LogP contribution is -2.12. The first kappa shape index (κ1) is 12.2. The molecule has 2 rings (SSSR count). The van der Waals surface area contributed by atoms with Crippen LogP contribution in [0.2, 0.25) is 0 Å². The molecule has 0 aliphatic carbocycles. The third kappa shape index (κ3) is 2.69. The summed E-state index contributed by atoms with van der Waals surface area (Å²) in [6.45, 7) is 0. The van der Waals surface area contributed by atoms with Crippen LogP contribution in [-0.4, -0.2) is 28.6 Å². The van der Waals surface area contributed by atoms with Gasteiger partial charge < -0.3 is 10.1 Å². The molecule has 18 heavy (non-hydrogen) atoms. The molecule has 0 saturated heterocycles. The summed E-state index contributed by atoms with van der Waals surface area (Å²) in [6, 6.07) is 6.37. The Labute approximate surface area is 107 Å². The van der Waals surface area contributed by atoms with Gasteiger partial charge in [0.1, 0.15) is 0 Å². The van der Waals surface area contributed by atoms with Crippen molar-refractivity contribution in [2.75, 3.05) is 12.4 Å². The van der Waals surface area contributed by atoms with Crippen molar-refractivity contribution in [2.24, 2.45) is 0 Å². The van der Waals surface area contributed by atoms with Crippen LogP contribution in [0.25, 0.3) is 0 Å². The fourth-order valence-electron chi connectivity index (χ4n) is 1.27. The van der Waals surface area contributed by atoms with E-state index in [0.717, 1.165) is 11.5 Å². The van der Waals surface area contributed by atoms with Crippen LogP contribution in [0.4, 0.5) is 5.69 Å². The Morgan fingerprint density at radius 2 is 2.00 bits per heavy atom. The molecule has 0 atom stereocenters. The number of nitrogens with zero attached hydrogens (tertiary/aromatic N) is 2. The maximum absolute atomic E-state index is 11.7. The van der Waals surface area contributed by atoms with Crippen molar-refractivity contribution in [2.45, 2.75) is 0 Å². The predicted octanol–water partition coefficient (Wildman–Crippen LogP) is 1.58. The molecular weight excluding hydrogens is 254 g/mol. The summed E-state index contributed by atoms with van der Waals surface area (Å²) in [5, 5.41) is 7.85. The van der Waals surface area contributed by atoms with Gasteiger partial charge >= 0.3 is 5.97 Å². The molecule has 92 valence electrons. The Morgan fingerprint density at radius 1 is 1.28 bits per heavy atom. The minimum Gasteiger partial charge on any atom is -0.465 e. The Hall–Kier alpha value is -2.28. The lowest BCUT2D eigenvalue weighted by molar-refractivity contribution is 0.0600. The smallest absolute Gasteiger partial charge is 0.337 e. The number of carbonyl (C=O) groups excluding carboxylic acids is 2. The number of amides is 1. The number of ether oxygens (including phenoxy) is 1. The van der Waals surface area contributed by atoms with E-state index in [4.69, 9.17) is 0 Å². The highest BCUT2D eigenvalue weighted by Gasteiger charge is 2.09. The number of anilines is 1. The van der Waals surface area contributed by atoms with E-state index in [1.54, 1.807) is 29.6 Å². The summed E-state index contributed by atoms with van der Waals surface area (Å²) in [5.41, 5.74) is 1.25. The summed E-state index contributed by atoms with van der Waals surface area (Å²) in [6.07, 6.45) is 0. The summed E-state index contributed by atoms with van der Waals surface area (Å²) < 4.78 is 8.18. The first-order chi connectivity index (χ1) is 8.70. The Kier molecular flexibility index (Phi) is 3.63. The molecule has 1 amide bonds. The summed E-state index contributed by atoms with van der Waals surface area (Å²) in [7, 11) is 1.31. The lowest BCUT2D eigenvalue weighted by atomic mass is 10.2. The Bertz CT molecular complexity index is 551. The fourth-order valence-corrected chi connectivity index (χ4v) is 1.70. The minimum atomic E-state index is -0.420. The largest absolute Gasteiger partial charge is 0.465 e. The molecule has 1 N–H and O–H groups in total. The van der Waals surface area contributed by atoms with Crippen molar-refractivity contribution in [3.8, 4) is 0 Å². The van der Waals surface area contributed by atoms with Gasteiger partial charge in [-0.3, -0.25) is 4.79 Å². The van der Waals surface area contributed by atoms with Gasteiger partial charge in [0.2, 0.25) is 0 Å². The van der Waals surface area contributed by atoms with Crippen molar-refractivity contribution >= 4 is 29.1 Å². The molecule has 1 heterocycles. The van der Waals surface area contributed by atoms with E-state index in [0.29, 0.717) is 11.3 Å². The lowest BCUT2D eigenvalue weighted by Gasteiger charge is -2.04. The van der Waals surface area contributed by atoms with E-state index in [9.17, 15) is 9.59 Å². The van der Waals surface area contributed by atoms with Crippen LogP contribution in [0.1, 0.15) is 20.8 Å². The maximum Gasteiger partial charge on any atom is 0.337 e. The van der Waals surface area contributed by atoms with Crippen LogP contribution in [0.15, 0.2) is 29.6 Å². The summed E-state index contributed by atoms with van der Waals surface area (Å²) in [4.78, 5) is 22.9. The number of hydrogen-bond acceptors (Lipinski definition) is 6. The number of rotatable bonds is 3. The normalized spacial score (nSPS) is 9.83. The predicted molar refractivity (Wildman–Crippen MR) is 65.6 cm³/mol. The van der Waals surface area contributed by atoms with Gasteiger partial charge in [0.15, 0.2) is 5.69 Å². The molecule has 1 aromatic carbocycles. The zero-order valence-corrected chi connectivity index (χ0v) is 10.2. The number of carbonyl (C=O) groups is 2.